The second-order valence-corrected chi connectivity index (χ2v) is 22.5. The lowest BCUT2D eigenvalue weighted by atomic mass is 10.0. The zero-order valence-corrected chi connectivity index (χ0v) is 50.8. The minimum Gasteiger partial charge on any atom is -0.345 e. The first-order chi connectivity index (χ1) is 38.5. The molecular weight excluding hydrogens is 973 g/mol. The molecule has 0 spiro atoms. The average molecular weight is 1060 g/mol. The van der Waals surface area contributed by atoms with Crippen LogP contribution in [0.1, 0.15) is 108 Å². The fourth-order valence-electron chi connectivity index (χ4n) is 12.9. The summed E-state index contributed by atoms with van der Waals surface area (Å²) in [6.07, 6.45) is 2.19. The van der Waals surface area contributed by atoms with Crippen LogP contribution >= 0.6 is 0 Å². The van der Waals surface area contributed by atoms with Crippen molar-refractivity contribution in [2.45, 2.75) is 150 Å². The summed E-state index contributed by atoms with van der Waals surface area (Å²) < 4.78 is 9.93. The van der Waals surface area contributed by atoms with E-state index in [1.165, 1.54) is 123 Å². The van der Waals surface area contributed by atoms with Gasteiger partial charge in [-0.1, -0.05) is 86.6 Å². The maximum atomic E-state index is 2.51. The molecule has 0 aliphatic rings. The van der Waals surface area contributed by atoms with Crippen LogP contribution in [0.4, 0.5) is 34.1 Å². The Labute approximate surface area is 478 Å². The third kappa shape index (κ3) is 9.65. The molecule has 6 heteroatoms. The van der Waals surface area contributed by atoms with Gasteiger partial charge in [-0.15, -0.1) is 0 Å². The minimum absolute atomic E-state index is 0.939. The first-order valence-electron chi connectivity index (χ1n) is 29.4. The Morgan fingerprint density at radius 2 is 0.425 bits per heavy atom. The Bertz CT molecular complexity index is 3620. The van der Waals surface area contributed by atoms with Gasteiger partial charge in [0.25, 0.3) is 0 Å². The zero-order chi connectivity index (χ0) is 56.8. The third-order valence-electron chi connectivity index (χ3n) is 18.2. The van der Waals surface area contributed by atoms with Crippen molar-refractivity contribution in [2.24, 2.45) is 0 Å². The van der Waals surface area contributed by atoms with Crippen molar-refractivity contribution in [1.29, 1.82) is 0 Å². The average Bonchev–Trinajstić information content (AvgIpc) is 4.10. The Hall–Kier alpha value is -7.96. The lowest BCUT2D eigenvalue weighted by Crippen LogP contribution is -2.10. The van der Waals surface area contributed by atoms with Gasteiger partial charge in [0.1, 0.15) is 0 Å². The monoisotopic (exact) mass is 1060 g/mol. The molecule has 0 atom stereocenters. The molecule has 0 unspecified atom stereocenters. The fourth-order valence-corrected chi connectivity index (χ4v) is 12.9. The van der Waals surface area contributed by atoms with E-state index in [-0.39, 0.29) is 0 Å². The topological polar surface area (TPSA) is 26.2 Å². The molecule has 0 aliphatic heterocycles. The Balaban J connectivity index is 1.01. The summed E-state index contributed by atoms with van der Waals surface area (Å²) in [5.41, 5.74) is 35.6. The van der Waals surface area contributed by atoms with Gasteiger partial charge in [0.2, 0.25) is 0 Å². The quantitative estimate of drug-likeness (QED) is 0.0908. The van der Waals surface area contributed by atoms with Crippen LogP contribution in [0, 0.1) is 83.1 Å². The smallest absolute Gasteiger partial charge is 0.0514 e. The Morgan fingerprint density at radius 3 is 0.625 bits per heavy atom. The predicted molar refractivity (Wildman–Crippen MR) is 344 cm³/mol. The number of hydrogen-bond acceptors (Lipinski definition) is 2. The molecule has 0 saturated heterocycles. The van der Waals surface area contributed by atoms with E-state index in [0.717, 1.165) is 73.1 Å². The van der Waals surface area contributed by atoms with E-state index in [0.29, 0.717) is 0 Å². The molecule has 6 aromatic carbocycles. The van der Waals surface area contributed by atoms with Gasteiger partial charge in [-0.05, 0) is 260 Å². The molecule has 0 N–H and O–H groups in total. The number of rotatable bonds is 17. The minimum atomic E-state index is 0.939. The summed E-state index contributed by atoms with van der Waals surface area (Å²) >= 11 is 0. The van der Waals surface area contributed by atoms with Crippen molar-refractivity contribution in [2.75, 3.05) is 9.80 Å². The maximum absolute atomic E-state index is 2.51. The van der Waals surface area contributed by atoms with Crippen molar-refractivity contribution in [1.82, 2.24) is 18.3 Å². The summed E-state index contributed by atoms with van der Waals surface area (Å²) in [6.45, 7) is 40.0. The van der Waals surface area contributed by atoms with Crippen LogP contribution in [0.2, 0.25) is 0 Å². The molecule has 0 amide bonds. The van der Waals surface area contributed by atoms with Crippen LogP contribution in [-0.4, -0.2) is 18.3 Å². The van der Waals surface area contributed by atoms with E-state index in [4.69, 9.17) is 0 Å². The summed E-state index contributed by atoms with van der Waals surface area (Å²) in [5.74, 6) is 0. The molecule has 80 heavy (non-hydrogen) atoms. The number of aromatic nitrogens is 4. The lowest BCUT2D eigenvalue weighted by Gasteiger charge is -2.27. The highest BCUT2D eigenvalue weighted by Gasteiger charge is 2.23. The van der Waals surface area contributed by atoms with E-state index in [9.17, 15) is 0 Å². The van der Waals surface area contributed by atoms with E-state index in [2.05, 4.69) is 284 Å². The zero-order valence-electron chi connectivity index (χ0n) is 50.8. The lowest BCUT2D eigenvalue weighted by molar-refractivity contribution is 0.670. The summed E-state index contributed by atoms with van der Waals surface area (Å²) in [6, 6.07) is 55.1. The van der Waals surface area contributed by atoms with Gasteiger partial charge in [-0.2, -0.15) is 0 Å². The van der Waals surface area contributed by atoms with E-state index >= 15 is 0 Å². The standard InChI is InChI=1S/C74H84N6/c1-17-45-77-57(15)49(7)53(11)73(77)63-29-41-69(42-30-63)80(70-43-31-64(32-44-70)74-54(12)50(8)58(16)78(74)46-18-2)66-35-23-60(24-36-66)59-21-33-65(34-22-59)79(67-37-25-61(26-38-67)71-51(9)47(5)55(13)75(71)19-3)68-39-27-62(28-40-68)72-52(10)48(6)56(14)76(72)20-4/h21-44H,17-20,45-46H2,1-16H3. The van der Waals surface area contributed by atoms with Crippen molar-refractivity contribution in [3.8, 4) is 56.2 Å². The molecule has 410 valence electrons. The van der Waals surface area contributed by atoms with Crippen molar-refractivity contribution in [3.05, 3.63) is 213 Å². The molecule has 0 saturated carbocycles. The van der Waals surface area contributed by atoms with Crippen molar-refractivity contribution in [3.63, 3.8) is 0 Å². The second-order valence-electron chi connectivity index (χ2n) is 22.5. The van der Waals surface area contributed by atoms with Crippen molar-refractivity contribution < 1.29 is 0 Å². The van der Waals surface area contributed by atoms with Gasteiger partial charge in [-0.3, -0.25) is 0 Å². The summed E-state index contributed by atoms with van der Waals surface area (Å²) in [5, 5.41) is 0. The van der Waals surface area contributed by atoms with Crippen LogP contribution in [-0.2, 0) is 26.2 Å². The highest BCUT2D eigenvalue weighted by atomic mass is 15.1. The Morgan fingerprint density at radius 1 is 0.237 bits per heavy atom. The molecule has 10 rings (SSSR count). The first-order valence-corrected chi connectivity index (χ1v) is 29.4. The van der Waals surface area contributed by atoms with Crippen LogP contribution in [0.15, 0.2) is 146 Å². The summed E-state index contributed by atoms with van der Waals surface area (Å²) in [7, 11) is 0. The normalized spacial score (nSPS) is 11.6. The second kappa shape index (κ2) is 22.7. The number of benzene rings is 6. The van der Waals surface area contributed by atoms with Gasteiger partial charge in [0.05, 0.1) is 22.8 Å². The number of nitrogens with zero attached hydrogens (tertiary/aromatic N) is 6. The molecule has 4 heterocycles. The summed E-state index contributed by atoms with van der Waals surface area (Å²) in [4.78, 5) is 4.80. The van der Waals surface area contributed by atoms with Crippen molar-refractivity contribution >= 4 is 34.1 Å². The Kier molecular flexibility index (Phi) is 15.7. The van der Waals surface area contributed by atoms with Gasteiger partial charge >= 0.3 is 0 Å². The van der Waals surface area contributed by atoms with Gasteiger partial charge in [0, 0.05) is 83.1 Å². The molecule has 0 radical (unpaired) electrons. The van der Waals surface area contributed by atoms with Crippen LogP contribution in [0.3, 0.4) is 0 Å². The molecule has 0 aliphatic carbocycles. The van der Waals surface area contributed by atoms with Crippen LogP contribution < -0.4 is 9.80 Å². The number of anilines is 6. The largest absolute Gasteiger partial charge is 0.345 e. The molecule has 4 aromatic heterocycles. The molecule has 0 fully saturated rings. The predicted octanol–water partition coefficient (Wildman–Crippen LogP) is 20.7. The highest BCUT2D eigenvalue weighted by Crippen LogP contribution is 2.43. The van der Waals surface area contributed by atoms with Gasteiger partial charge < -0.3 is 28.1 Å². The van der Waals surface area contributed by atoms with E-state index in [1.54, 1.807) is 0 Å². The SMILES string of the molecule is CCCn1c(C)c(C)c(C)c1-c1ccc(N(c2ccc(-c3ccc(N(c4ccc(-c5c(C)c(C)c(C)n5CC)cc4)c4ccc(-c5c(C)c(C)c(C)n5CC)cc4)cc3)cc2)c2ccc(-c3c(C)c(C)c(C)n3CCC)cc2)cc1. The molecule has 6 nitrogen and oxygen atoms in total. The highest BCUT2D eigenvalue weighted by molar-refractivity contribution is 5.84. The first kappa shape index (κ1) is 55.4. The molecule has 0 bridgehead atoms. The van der Waals surface area contributed by atoms with Gasteiger partial charge in [0.15, 0.2) is 0 Å². The maximum Gasteiger partial charge on any atom is 0.0514 e. The van der Waals surface area contributed by atoms with Gasteiger partial charge in [-0.25, -0.2) is 0 Å². The van der Waals surface area contributed by atoms with Crippen LogP contribution in [0.25, 0.3) is 56.2 Å². The van der Waals surface area contributed by atoms with E-state index < -0.39 is 0 Å². The molecular formula is C74H84N6. The third-order valence-corrected chi connectivity index (χ3v) is 18.2. The fraction of sp³-hybridized carbons (Fsp3) is 0.297. The number of hydrogen-bond donors (Lipinski definition) is 0. The van der Waals surface area contributed by atoms with E-state index in [1.807, 2.05) is 0 Å². The molecule has 10 aromatic rings. The van der Waals surface area contributed by atoms with Crippen LogP contribution in [0.5, 0.6) is 0 Å².